The Kier molecular flexibility index (Phi) is 6.46. The zero-order valence-corrected chi connectivity index (χ0v) is 24.7. The fraction of sp³-hybridized carbons (Fsp3) is 0.806. The van der Waals surface area contributed by atoms with Crippen molar-refractivity contribution in [2.75, 3.05) is 48.1 Å². The number of pyridine rings is 1. The van der Waals surface area contributed by atoms with Gasteiger partial charge in [0.05, 0.1) is 36.1 Å². The van der Waals surface area contributed by atoms with Gasteiger partial charge in [0, 0.05) is 88.4 Å². The summed E-state index contributed by atoms with van der Waals surface area (Å²) in [5.74, 6) is -1.49. The minimum Gasteiger partial charge on any atom is -0.455 e. The molecule has 13 atom stereocenters. The second kappa shape index (κ2) is 9.42. The van der Waals surface area contributed by atoms with Gasteiger partial charge in [-0.25, -0.2) is 4.79 Å². The van der Waals surface area contributed by atoms with E-state index in [0.29, 0.717) is 18.6 Å². The van der Waals surface area contributed by atoms with E-state index < -0.39 is 40.7 Å². The van der Waals surface area contributed by atoms with Crippen LogP contribution in [0, 0.1) is 34.5 Å². The van der Waals surface area contributed by atoms with E-state index >= 15 is 0 Å². The van der Waals surface area contributed by atoms with Crippen LogP contribution >= 0.6 is 0 Å². The summed E-state index contributed by atoms with van der Waals surface area (Å²) in [6, 6.07) is 3.32. The number of aliphatic hydroxyl groups is 2. The van der Waals surface area contributed by atoms with Crippen molar-refractivity contribution in [3.05, 3.63) is 30.1 Å². The number of carbonyl (C=O) groups excluding carboxylic acids is 1. The third kappa shape index (κ3) is 3.22. The van der Waals surface area contributed by atoms with Crippen LogP contribution in [0.1, 0.15) is 43.0 Å². The summed E-state index contributed by atoms with van der Waals surface area (Å²) < 4.78 is 31.0. The lowest BCUT2D eigenvalue weighted by molar-refractivity contribution is -0.283. The topological polar surface area (TPSA) is 120 Å². The number of fused-ring (bicyclic) bond motifs is 2. The molecule has 1 aliphatic heterocycles. The van der Waals surface area contributed by atoms with Crippen molar-refractivity contribution in [2.24, 2.45) is 34.5 Å². The average molecular weight is 573 g/mol. The number of esters is 1. The molecule has 6 fully saturated rings. The molecule has 0 radical (unpaired) electrons. The molecule has 10 heteroatoms. The molecule has 7 bridgehead atoms. The fourth-order valence-electron chi connectivity index (χ4n) is 11.8. The van der Waals surface area contributed by atoms with Crippen LogP contribution in [-0.2, 0) is 23.7 Å². The third-order valence-electron chi connectivity index (χ3n) is 12.6. The Labute approximate surface area is 241 Å². The maximum absolute atomic E-state index is 13.5. The molecule has 1 aromatic heterocycles. The van der Waals surface area contributed by atoms with Gasteiger partial charge in [-0.1, -0.05) is 6.92 Å². The molecule has 0 amide bonds. The van der Waals surface area contributed by atoms with Gasteiger partial charge in [0.2, 0.25) is 0 Å². The van der Waals surface area contributed by atoms with Crippen molar-refractivity contribution in [1.82, 2.24) is 9.88 Å². The van der Waals surface area contributed by atoms with E-state index in [0.717, 1.165) is 25.9 Å². The first-order valence-corrected chi connectivity index (χ1v) is 15.1. The van der Waals surface area contributed by atoms with Crippen LogP contribution in [0.25, 0.3) is 0 Å². The summed E-state index contributed by atoms with van der Waals surface area (Å²) in [5, 5.41) is 25.6. The normalized spacial score (nSPS) is 51.0. The van der Waals surface area contributed by atoms with E-state index in [2.05, 4.69) is 16.8 Å². The highest BCUT2D eigenvalue weighted by molar-refractivity contribution is 5.89. The van der Waals surface area contributed by atoms with Crippen molar-refractivity contribution >= 4 is 5.97 Å². The second-order valence-electron chi connectivity index (χ2n) is 13.6. The molecule has 6 aliphatic rings. The number of nitrogens with zero attached hydrogens (tertiary/aromatic N) is 2. The Balaban J connectivity index is 1.44. The van der Waals surface area contributed by atoms with E-state index in [-0.39, 0.29) is 47.8 Å². The molecule has 1 spiro atoms. The molecule has 5 aliphatic carbocycles. The Bertz CT molecular complexity index is 1190. The number of rotatable bonds is 8. The highest BCUT2D eigenvalue weighted by Crippen LogP contribution is 2.80. The Morgan fingerprint density at radius 1 is 1.07 bits per heavy atom. The molecular formula is C31H44N2O8. The molecule has 226 valence electrons. The lowest BCUT2D eigenvalue weighted by atomic mass is 9.43. The minimum atomic E-state index is -1.46. The molecule has 0 aromatic carbocycles. The number of ether oxygens (including phenoxy) is 5. The van der Waals surface area contributed by atoms with Gasteiger partial charge in [-0.15, -0.1) is 0 Å². The molecule has 41 heavy (non-hydrogen) atoms. The van der Waals surface area contributed by atoms with Gasteiger partial charge >= 0.3 is 5.97 Å². The molecule has 2 heterocycles. The van der Waals surface area contributed by atoms with Gasteiger partial charge in [0.15, 0.2) is 0 Å². The molecule has 0 unspecified atom stereocenters. The van der Waals surface area contributed by atoms with Crippen molar-refractivity contribution in [3.8, 4) is 0 Å². The smallest absolute Gasteiger partial charge is 0.340 e. The van der Waals surface area contributed by atoms with E-state index in [9.17, 15) is 15.0 Å². The zero-order valence-electron chi connectivity index (χ0n) is 24.7. The van der Waals surface area contributed by atoms with Crippen LogP contribution in [0.15, 0.2) is 24.5 Å². The monoisotopic (exact) mass is 572 g/mol. The van der Waals surface area contributed by atoms with Gasteiger partial charge in [-0.05, 0) is 43.9 Å². The summed E-state index contributed by atoms with van der Waals surface area (Å²) in [7, 11) is 6.89. The number of hydrogen-bond acceptors (Lipinski definition) is 10. The summed E-state index contributed by atoms with van der Waals surface area (Å²) in [6.45, 7) is 4.46. The van der Waals surface area contributed by atoms with Crippen molar-refractivity contribution < 1.29 is 38.7 Å². The summed E-state index contributed by atoms with van der Waals surface area (Å²) in [4.78, 5) is 20.1. The van der Waals surface area contributed by atoms with E-state index in [1.807, 2.05) is 0 Å². The van der Waals surface area contributed by atoms with Crippen LogP contribution in [0.2, 0.25) is 0 Å². The number of carbonyl (C=O) groups is 1. The molecule has 1 saturated heterocycles. The molecule has 10 nitrogen and oxygen atoms in total. The first kappa shape index (κ1) is 28.1. The van der Waals surface area contributed by atoms with Gasteiger partial charge in [-0.2, -0.15) is 0 Å². The minimum absolute atomic E-state index is 0.0171. The Hall–Kier alpha value is -1.66. The van der Waals surface area contributed by atoms with Crippen molar-refractivity contribution in [1.29, 1.82) is 0 Å². The molecule has 7 rings (SSSR count). The molecule has 2 N–H and O–H groups in total. The first-order chi connectivity index (χ1) is 19.7. The van der Waals surface area contributed by atoms with Gasteiger partial charge in [-0.3, -0.25) is 9.88 Å². The van der Waals surface area contributed by atoms with Crippen LogP contribution < -0.4 is 0 Å². The number of hydrogen-bond donors (Lipinski definition) is 2. The second-order valence-corrected chi connectivity index (χ2v) is 13.6. The third-order valence-corrected chi connectivity index (χ3v) is 12.6. The number of likely N-dealkylation sites (tertiary alicyclic amines) is 1. The van der Waals surface area contributed by atoms with Gasteiger partial charge in [0.25, 0.3) is 0 Å². The largest absolute Gasteiger partial charge is 0.455 e. The highest BCUT2D eigenvalue weighted by atomic mass is 16.6. The SMILES string of the molecule is CCN1C[C@]2(COC)CC[C@H](OC)[C@@]34[C@@H]5C[C@@]6(O)[C@@H](OC)C[C@@](O)([C@H]5[C@H]6OC(=O)c5cccnc5)[C@@H]([C@H](OC)[C@H]23)[C@@H]14. The number of methoxy groups -OCH3 is 4. The standard InChI is InChI=1S/C31H44N2O8/c1-6-33-15-28(16-37-2)10-9-19(38-3)31-18-12-29(35)20(39-4)13-30(36,22(25(31)33)23(40-5)24(28)31)21(18)26(29)41-27(34)17-8-7-11-32-14-17/h7-8,11,14,18-26,35-36H,6,9-10,12-13,15-16H2,1-5H3/t18-,19+,20+,21-,22+,23+,24-,25-,26-,28+,29-,30-,31+/m1/s1. The van der Waals surface area contributed by atoms with E-state index in [4.69, 9.17) is 23.7 Å². The number of aromatic nitrogens is 1. The molecule has 1 aromatic rings. The lowest BCUT2D eigenvalue weighted by Gasteiger charge is -2.69. The fourth-order valence-corrected chi connectivity index (χ4v) is 11.8. The lowest BCUT2D eigenvalue weighted by Crippen LogP contribution is -2.77. The molecular weight excluding hydrogens is 528 g/mol. The predicted octanol–water partition coefficient (Wildman–Crippen LogP) is 1.53. The maximum Gasteiger partial charge on any atom is 0.340 e. The Morgan fingerprint density at radius 3 is 2.49 bits per heavy atom. The van der Waals surface area contributed by atoms with Crippen molar-refractivity contribution in [3.63, 3.8) is 0 Å². The van der Waals surface area contributed by atoms with Gasteiger partial charge < -0.3 is 33.9 Å². The quantitative estimate of drug-likeness (QED) is 0.444. The van der Waals surface area contributed by atoms with Crippen LogP contribution in [0.5, 0.6) is 0 Å². The maximum atomic E-state index is 13.5. The highest BCUT2D eigenvalue weighted by Gasteiger charge is 2.88. The van der Waals surface area contributed by atoms with Crippen LogP contribution in [0.4, 0.5) is 0 Å². The summed E-state index contributed by atoms with van der Waals surface area (Å²) >= 11 is 0. The van der Waals surface area contributed by atoms with Crippen LogP contribution in [-0.4, -0.2) is 116 Å². The van der Waals surface area contributed by atoms with Gasteiger partial charge in [0.1, 0.15) is 11.7 Å². The summed E-state index contributed by atoms with van der Waals surface area (Å²) in [5.41, 5.74) is -3.07. The summed E-state index contributed by atoms with van der Waals surface area (Å²) in [6.07, 6.45) is 3.44. The van der Waals surface area contributed by atoms with Crippen LogP contribution in [0.3, 0.4) is 0 Å². The first-order valence-electron chi connectivity index (χ1n) is 15.1. The van der Waals surface area contributed by atoms with E-state index in [1.54, 1.807) is 46.8 Å². The predicted molar refractivity (Wildman–Crippen MR) is 146 cm³/mol. The van der Waals surface area contributed by atoms with Crippen molar-refractivity contribution in [2.45, 2.75) is 74.3 Å². The Morgan fingerprint density at radius 2 is 1.85 bits per heavy atom. The zero-order chi connectivity index (χ0) is 28.9. The van der Waals surface area contributed by atoms with E-state index in [1.165, 1.54) is 6.20 Å². The average Bonchev–Trinajstić information content (AvgIpc) is 3.36. The number of piperidine rings is 1. The molecule has 5 saturated carbocycles.